The molecule has 0 unspecified atom stereocenters. The van der Waals surface area contributed by atoms with E-state index in [0.717, 1.165) is 5.57 Å². The molecule has 0 atom stereocenters. The molecule has 0 aromatic heterocycles. The molecular formula is C7H11NO2. The van der Waals surface area contributed by atoms with Gasteiger partial charge in [-0.25, -0.2) is 0 Å². The maximum Gasteiger partial charge on any atom is 0.243 e. The Balaban J connectivity index is 4.19. The van der Waals surface area contributed by atoms with Crippen LogP contribution in [0.5, 0.6) is 0 Å². The molecule has 0 heterocycles. The third-order valence-electron chi connectivity index (χ3n) is 0.946. The van der Waals surface area contributed by atoms with Crippen molar-refractivity contribution in [3.05, 3.63) is 33.5 Å². The Morgan fingerprint density at radius 2 is 1.80 bits per heavy atom. The van der Waals surface area contributed by atoms with Crippen molar-refractivity contribution in [3.63, 3.8) is 0 Å². The molecule has 3 nitrogen and oxygen atoms in total. The molecule has 0 aliphatic carbocycles. The van der Waals surface area contributed by atoms with Crippen molar-refractivity contribution in [1.29, 1.82) is 0 Å². The van der Waals surface area contributed by atoms with Gasteiger partial charge in [0.15, 0.2) is 0 Å². The minimum Gasteiger partial charge on any atom is -0.259 e. The van der Waals surface area contributed by atoms with Crippen LogP contribution in [0.25, 0.3) is 0 Å². The molecule has 3 heteroatoms. The van der Waals surface area contributed by atoms with Crippen LogP contribution >= 0.6 is 0 Å². The molecule has 0 radical (unpaired) electrons. The van der Waals surface area contributed by atoms with Gasteiger partial charge in [0.1, 0.15) is 0 Å². The topological polar surface area (TPSA) is 43.1 Å². The summed E-state index contributed by atoms with van der Waals surface area (Å²) in [7, 11) is 0. The number of rotatable bonds is 2. The van der Waals surface area contributed by atoms with Gasteiger partial charge in [-0.1, -0.05) is 11.6 Å². The molecule has 0 spiro atoms. The largest absolute Gasteiger partial charge is 0.259 e. The first-order valence-electron chi connectivity index (χ1n) is 3.00. The van der Waals surface area contributed by atoms with Crippen molar-refractivity contribution >= 4 is 0 Å². The smallest absolute Gasteiger partial charge is 0.243 e. The van der Waals surface area contributed by atoms with Crippen LogP contribution in [0.1, 0.15) is 20.8 Å². The van der Waals surface area contributed by atoms with Crippen molar-refractivity contribution in [2.75, 3.05) is 0 Å². The van der Waals surface area contributed by atoms with Crippen LogP contribution in [0.2, 0.25) is 0 Å². The first-order valence-corrected chi connectivity index (χ1v) is 3.00. The fourth-order valence-electron chi connectivity index (χ4n) is 0.348. The SMILES string of the molecule is CC(C)=C/C=C(\C)[N+](=O)[O-]. The van der Waals surface area contributed by atoms with Crippen molar-refractivity contribution in [1.82, 2.24) is 0 Å². The van der Waals surface area contributed by atoms with E-state index in [2.05, 4.69) is 0 Å². The molecule has 0 bridgehead atoms. The van der Waals surface area contributed by atoms with E-state index in [-0.39, 0.29) is 5.70 Å². The standard InChI is InChI=1S/C7H11NO2/c1-6(2)4-5-7(3)8(9)10/h4-5H,1-3H3/b7-5+. The van der Waals surface area contributed by atoms with Crippen molar-refractivity contribution in [2.24, 2.45) is 0 Å². The van der Waals surface area contributed by atoms with E-state index in [1.807, 2.05) is 13.8 Å². The van der Waals surface area contributed by atoms with Crippen LogP contribution < -0.4 is 0 Å². The minimum atomic E-state index is -0.403. The summed E-state index contributed by atoms with van der Waals surface area (Å²) >= 11 is 0. The lowest BCUT2D eigenvalue weighted by Crippen LogP contribution is -1.91. The van der Waals surface area contributed by atoms with Gasteiger partial charge in [0.25, 0.3) is 0 Å². The molecule has 0 N–H and O–H groups in total. The number of hydrogen-bond acceptors (Lipinski definition) is 2. The highest BCUT2D eigenvalue weighted by atomic mass is 16.6. The van der Waals surface area contributed by atoms with Crippen molar-refractivity contribution in [3.8, 4) is 0 Å². The Hall–Kier alpha value is -1.12. The number of allylic oxidation sites excluding steroid dienone is 4. The molecule has 0 amide bonds. The lowest BCUT2D eigenvalue weighted by atomic mass is 10.3. The van der Waals surface area contributed by atoms with Gasteiger partial charge in [-0.3, -0.25) is 10.1 Å². The molecule has 0 fully saturated rings. The van der Waals surface area contributed by atoms with Gasteiger partial charge in [-0.15, -0.1) is 0 Å². The first-order chi connectivity index (χ1) is 4.54. The molecule has 0 saturated heterocycles. The zero-order valence-corrected chi connectivity index (χ0v) is 6.42. The van der Waals surface area contributed by atoms with E-state index in [0.29, 0.717) is 0 Å². The lowest BCUT2D eigenvalue weighted by molar-refractivity contribution is -0.424. The molecule has 56 valence electrons. The molecule has 0 aliphatic rings. The Morgan fingerprint density at radius 3 is 2.10 bits per heavy atom. The van der Waals surface area contributed by atoms with Gasteiger partial charge in [0.05, 0.1) is 4.92 Å². The normalized spacial score (nSPS) is 10.9. The second-order valence-corrected chi connectivity index (χ2v) is 2.31. The maximum absolute atomic E-state index is 10.0. The molecule has 0 rings (SSSR count). The summed E-state index contributed by atoms with van der Waals surface area (Å²) < 4.78 is 0. The Bertz CT molecular complexity index is 188. The van der Waals surface area contributed by atoms with E-state index in [4.69, 9.17) is 0 Å². The van der Waals surface area contributed by atoms with E-state index in [9.17, 15) is 10.1 Å². The van der Waals surface area contributed by atoms with Crippen LogP contribution in [0.4, 0.5) is 0 Å². The average Bonchev–Trinajstić information content (AvgIpc) is 1.82. The summed E-state index contributed by atoms with van der Waals surface area (Å²) in [5.41, 5.74) is 1.22. The van der Waals surface area contributed by atoms with Crippen LogP contribution in [-0.2, 0) is 0 Å². The lowest BCUT2D eigenvalue weighted by Gasteiger charge is -1.85. The number of nitrogens with zero attached hydrogens (tertiary/aromatic N) is 1. The van der Waals surface area contributed by atoms with E-state index in [1.54, 1.807) is 6.08 Å². The van der Waals surface area contributed by atoms with Gasteiger partial charge in [0, 0.05) is 13.0 Å². The third kappa shape index (κ3) is 3.83. The van der Waals surface area contributed by atoms with Crippen LogP contribution in [-0.4, -0.2) is 4.92 Å². The number of hydrogen-bond donors (Lipinski definition) is 0. The molecule has 0 aromatic carbocycles. The van der Waals surface area contributed by atoms with E-state index in [1.165, 1.54) is 13.0 Å². The highest BCUT2D eigenvalue weighted by molar-refractivity contribution is 5.09. The van der Waals surface area contributed by atoms with Gasteiger partial charge < -0.3 is 0 Å². The highest BCUT2D eigenvalue weighted by Gasteiger charge is 1.96. The second kappa shape index (κ2) is 3.82. The predicted octanol–water partition coefficient (Wildman–Crippen LogP) is 2.13. The average molecular weight is 141 g/mol. The molecule has 0 saturated carbocycles. The van der Waals surface area contributed by atoms with E-state index >= 15 is 0 Å². The highest BCUT2D eigenvalue weighted by Crippen LogP contribution is 1.96. The molecule has 0 aliphatic heterocycles. The van der Waals surface area contributed by atoms with Crippen LogP contribution in [0.15, 0.2) is 23.4 Å². The maximum atomic E-state index is 10.0. The van der Waals surface area contributed by atoms with Gasteiger partial charge in [-0.2, -0.15) is 0 Å². The molecule has 0 aromatic rings. The zero-order valence-electron chi connectivity index (χ0n) is 6.42. The van der Waals surface area contributed by atoms with Crippen LogP contribution in [0, 0.1) is 10.1 Å². The minimum absolute atomic E-state index is 0.168. The Kier molecular flexibility index (Phi) is 3.39. The molecular weight excluding hydrogens is 130 g/mol. The Morgan fingerprint density at radius 1 is 1.30 bits per heavy atom. The van der Waals surface area contributed by atoms with Crippen molar-refractivity contribution in [2.45, 2.75) is 20.8 Å². The van der Waals surface area contributed by atoms with E-state index < -0.39 is 4.92 Å². The third-order valence-corrected chi connectivity index (χ3v) is 0.946. The van der Waals surface area contributed by atoms with Gasteiger partial charge in [-0.05, 0) is 13.8 Å². The first kappa shape index (κ1) is 8.88. The monoisotopic (exact) mass is 141 g/mol. The van der Waals surface area contributed by atoms with Gasteiger partial charge >= 0.3 is 0 Å². The summed E-state index contributed by atoms with van der Waals surface area (Å²) in [5.74, 6) is 0. The fraction of sp³-hybridized carbons (Fsp3) is 0.429. The molecule has 10 heavy (non-hydrogen) atoms. The predicted molar refractivity (Wildman–Crippen MR) is 40.2 cm³/mol. The Labute approximate surface area is 60.2 Å². The van der Waals surface area contributed by atoms with Gasteiger partial charge in [0.2, 0.25) is 5.70 Å². The quantitative estimate of drug-likeness (QED) is 0.336. The summed E-state index contributed by atoms with van der Waals surface area (Å²) in [4.78, 5) is 9.62. The summed E-state index contributed by atoms with van der Waals surface area (Å²) in [6.45, 7) is 5.26. The summed E-state index contributed by atoms with van der Waals surface area (Å²) in [6.07, 6.45) is 3.22. The van der Waals surface area contributed by atoms with Crippen LogP contribution in [0.3, 0.4) is 0 Å². The second-order valence-electron chi connectivity index (χ2n) is 2.31. The van der Waals surface area contributed by atoms with Crippen molar-refractivity contribution < 1.29 is 4.92 Å². The fourth-order valence-corrected chi connectivity index (χ4v) is 0.348. The number of nitro groups is 1. The zero-order chi connectivity index (χ0) is 8.15. The summed E-state index contributed by atoms with van der Waals surface area (Å²) in [6, 6.07) is 0. The summed E-state index contributed by atoms with van der Waals surface area (Å²) in [5, 5.41) is 10.0.